The van der Waals surface area contributed by atoms with Crippen LogP contribution in [0.2, 0.25) is 0 Å². The van der Waals surface area contributed by atoms with Crippen LogP contribution in [-0.2, 0) is 0 Å². The van der Waals surface area contributed by atoms with Gasteiger partial charge in [-0.3, -0.25) is 0 Å². The van der Waals surface area contributed by atoms with E-state index in [1.165, 1.54) is 6.42 Å². The topological polar surface area (TPSA) is 45.4 Å². The van der Waals surface area contributed by atoms with Gasteiger partial charge in [0, 0.05) is 12.5 Å². The zero-order valence-electron chi connectivity index (χ0n) is 8.66. The van der Waals surface area contributed by atoms with E-state index in [2.05, 4.69) is 12.2 Å². The Labute approximate surface area is 84.1 Å². The van der Waals surface area contributed by atoms with Gasteiger partial charge in [0.25, 0.3) is 0 Å². The van der Waals surface area contributed by atoms with E-state index in [-0.39, 0.29) is 0 Å². The summed E-state index contributed by atoms with van der Waals surface area (Å²) in [6.07, 6.45) is 0.692. The van der Waals surface area contributed by atoms with Crippen LogP contribution in [-0.4, -0.2) is 18.7 Å². The summed E-state index contributed by atoms with van der Waals surface area (Å²) in [5, 5.41) is 12.6. The standard InChI is InChI=1S/C11H17NO2/c1-7-5-8(7)10-3-4-11(14-10)9(13)6-12-2/h3-4,7-9,12-13H,5-6H2,1-2H3. The summed E-state index contributed by atoms with van der Waals surface area (Å²) in [5.74, 6) is 3.04. The van der Waals surface area contributed by atoms with Crippen molar-refractivity contribution >= 4 is 0 Å². The van der Waals surface area contributed by atoms with Crippen molar-refractivity contribution in [2.75, 3.05) is 13.6 Å². The number of hydrogen-bond donors (Lipinski definition) is 2. The van der Waals surface area contributed by atoms with E-state index in [0.717, 1.165) is 11.7 Å². The van der Waals surface area contributed by atoms with Crippen LogP contribution in [0.5, 0.6) is 0 Å². The van der Waals surface area contributed by atoms with Crippen LogP contribution >= 0.6 is 0 Å². The van der Waals surface area contributed by atoms with Crippen LogP contribution in [0, 0.1) is 5.92 Å². The zero-order valence-corrected chi connectivity index (χ0v) is 8.66. The van der Waals surface area contributed by atoms with Gasteiger partial charge in [0.2, 0.25) is 0 Å². The van der Waals surface area contributed by atoms with Gasteiger partial charge in [-0.15, -0.1) is 0 Å². The average Bonchev–Trinajstić information content (AvgIpc) is 2.70. The summed E-state index contributed by atoms with van der Waals surface area (Å²) < 4.78 is 5.60. The van der Waals surface area contributed by atoms with Gasteiger partial charge < -0.3 is 14.8 Å². The molecule has 3 atom stereocenters. The summed E-state index contributed by atoms with van der Waals surface area (Å²) in [5.41, 5.74) is 0. The summed E-state index contributed by atoms with van der Waals surface area (Å²) >= 11 is 0. The summed E-state index contributed by atoms with van der Waals surface area (Å²) in [6, 6.07) is 3.87. The molecule has 3 heteroatoms. The van der Waals surface area contributed by atoms with E-state index >= 15 is 0 Å². The van der Waals surface area contributed by atoms with E-state index in [1.54, 1.807) is 0 Å². The van der Waals surface area contributed by atoms with Crippen molar-refractivity contribution in [1.29, 1.82) is 0 Å². The minimum atomic E-state index is -0.525. The largest absolute Gasteiger partial charge is 0.463 e. The van der Waals surface area contributed by atoms with Crippen LogP contribution in [0.1, 0.15) is 36.9 Å². The van der Waals surface area contributed by atoms with E-state index < -0.39 is 6.10 Å². The Morgan fingerprint density at radius 1 is 1.64 bits per heavy atom. The molecular formula is C11H17NO2. The number of aliphatic hydroxyl groups is 1. The summed E-state index contributed by atoms with van der Waals surface area (Å²) in [6.45, 7) is 2.75. The molecule has 1 aliphatic carbocycles. The van der Waals surface area contributed by atoms with Crippen LogP contribution in [0.25, 0.3) is 0 Å². The highest BCUT2D eigenvalue weighted by atomic mass is 16.4. The molecule has 14 heavy (non-hydrogen) atoms. The van der Waals surface area contributed by atoms with Crippen molar-refractivity contribution in [3.63, 3.8) is 0 Å². The molecule has 1 aliphatic rings. The molecule has 1 saturated carbocycles. The molecule has 2 rings (SSSR count). The lowest BCUT2D eigenvalue weighted by Gasteiger charge is -2.05. The van der Waals surface area contributed by atoms with Crippen LogP contribution in [0.4, 0.5) is 0 Å². The van der Waals surface area contributed by atoms with Gasteiger partial charge in [0.15, 0.2) is 0 Å². The monoisotopic (exact) mass is 195 g/mol. The fraction of sp³-hybridized carbons (Fsp3) is 0.636. The molecule has 0 amide bonds. The maximum Gasteiger partial charge on any atom is 0.133 e. The molecule has 0 spiro atoms. The lowest BCUT2D eigenvalue weighted by atomic mass is 10.2. The molecule has 0 radical (unpaired) electrons. The van der Waals surface area contributed by atoms with Crippen LogP contribution in [0.3, 0.4) is 0 Å². The van der Waals surface area contributed by atoms with E-state index in [0.29, 0.717) is 18.2 Å². The van der Waals surface area contributed by atoms with Gasteiger partial charge in [-0.25, -0.2) is 0 Å². The predicted octanol–water partition coefficient (Wildman–Crippen LogP) is 1.66. The molecule has 2 N–H and O–H groups in total. The minimum Gasteiger partial charge on any atom is -0.463 e. The first-order valence-electron chi connectivity index (χ1n) is 5.14. The molecule has 3 nitrogen and oxygen atoms in total. The first-order valence-corrected chi connectivity index (χ1v) is 5.14. The SMILES string of the molecule is CNCC(O)c1ccc(C2CC2C)o1. The van der Waals surface area contributed by atoms with Crippen LogP contribution < -0.4 is 5.32 Å². The Kier molecular flexibility index (Phi) is 2.61. The Balaban J connectivity index is 2.02. The smallest absolute Gasteiger partial charge is 0.133 e. The Bertz CT molecular complexity index is 308. The summed E-state index contributed by atoms with van der Waals surface area (Å²) in [7, 11) is 1.82. The van der Waals surface area contributed by atoms with Gasteiger partial charge in [-0.1, -0.05) is 6.92 Å². The third-order valence-electron chi connectivity index (χ3n) is 2.85. The lowest BCUT2D eigenvalue weighted by molar-refractivity contribution is 0.148. The third kappa shape index (κ3) is 1.83. The number of aliphatic hydroxyl groups excluding tert-OH is 1. The van der Waals surface area contributed by atoms with Gasteiger partial charge in [-0.05, 0) is 31.5 Å². The minimum absolute atomic E-state index is 0.525. The normalized spacial score (nSPS) is 27.6. The molecule has 3 unspecified atom stereocenters. The molecule has 1 fully saturated rings. The molecule has 0 saturated heterocycles. The highest BCUT2D eigenvalue weighted by Crippen LogP contribution is 2.47. The Hall–Kier alpha value is -0.800. The van der Waals surface area contributed by atoms with Crippen molar-refractivity contribution in [2.45, 2.75) is 25.4 Å². The van der Waals surface area contributed by atoms with E-state index in [1.807, 2.05) is 19.2 Å². The molecule has 1 aromatic heterocycles. The lowest BCUT2D eigenvalue weighted by Crippen LogP contribution is -2.16. The first-order chi connectivity index (χ1) is 6.72. The number of furan rings is 1. The highest BCUT2D eigenvalue weighted by Gasteiger charge is 2.36. The van der Waals surface area contributed by atoms with Gasteiger partial charge in [0.05, 0.1) is 0 Å². The van der Waals surface area contributed by atoms with Gasteiger partial charge in [0.1, 0.15) is 17.6 Å². The number of rotatable bonds is 4. The predicted molar refractivity (Wildman–Crippen MR) is 54.1 cm³/mol. The quantitative estimate of drug-likeness (QED) is 0.768. The maximum atomic E-state index is 9.65. The second-order valence-corrected chi connectivity index (χ2v) is 4.13. The second kappa shape index (κ2) is 3.75. The fourth-order valence-corrected chi connectivity index (χ4v) is 1.76. The Morgan fingerprint density at radius 2 is 2.36 bits per heavy atom. The van der Waals surface area contributed by atoms with Crippen molar-refractivity contribution in [2.24, 2.45) is 5.92 Å². The van der Waals surface area contributed by atoms with E-state index in [9.17, 15) is 5.11 Å². The number of nitrogens with one attached hydrogen (secondary N) is 1. The molecule has 1 aromatic rings. The number of hydrogen-bond acceptors (Lipinski definition) is 3. The zero-order chi connectivity index (χ0) is 10.1. The average molecular weight is 195 g/mol. The van der Waals surface area contributed by atoms with Gasteiger partial charge >= 0.3 is 0 Å². The van der Waals surface area contributed by atoms with E-state index in [4.69, 9.17) is 4.42 Å². The molecule has 0 bridgehead atoms. The third-order valence-corrected chi connectivity index (χ3v) is 2.85. The Morgan fingerprint density at radius 3 is 2.93 bits per heavy atom. The summed E-state index contributed by atoms with van der Waals surface area (Å²) in [4.78, 5) is 0. The maximum absolute atomic E-state index is 9.65. The van der Waals surface area contributed by atoms with Crippen molar-refractivity contribution in [3.05, 3.63) is 23.7 Å². The molecule has 0 aromatic carbocycles. The number of likely N-dealkylation sites (N-methyl/N-ethyl adjacent to an activating group) is 1. The molecular weight excluding hydrogens is 178 g/mol. The molecule has 1 heterocycles. The van der Waals surface area contributed by atoms with Crippen LogP contribution in [0.15, 0.2) is 16.5 Å². The van der Waals surface area contributed by atoms with Crippen molar-refractivity contribution in [1.82, 2.24) is 5.32 Å². The molecule has 78 valence electrons. The highest BCUT2D eigenvalue weighted by molar-refractivity contribution is 5.18. The van der Waals surface area contributed by atoms with Crippen molar-refractivity contribution < 1.29 is 9.52 Å². The van der Waals surface area contributed by atoms with Crippen molar-refractivity contribution in [3.8, 4) is 0 Å². The molecule has 0 aliphatic heterocycles. The first kappa shape index (κ1) is 9.74. The fourth-order valence-electron chi connectivity index (χ4n) is 1.76. The van der Waals surface area contributed by atoms with Gasteiger partial charge in [-0.2, -0.15) is 0 Å². The second-order valence-electron chi connectivity index (χ2n) is 4.13.